The summed E-state index contributed by atoms with van der Waals surface area (Å²) in [7, 11) is 3.30. The second kappa shape index (κ2) is 6.66. The third-order valence-electron chi connectivity index (χ3n) is 3.42. The van der Waals surface area contributed by atoms with E-state index >= 15 is 0 Å². The maximum atomic E-state index is 5.85. The molecule has 106 valence electrons. The van der Waals surface area contributed by atoms with E-state index < -0.39 is 0 Å². The molecule has 1 aliphatic carbocycles. The fourth-order valence-electron chi connectivity index (χ4n) is 2.12. The van der Waals surface area contributed by atoms with Gasteiger partial charge in [0.1, 0.15) is 0 Å². The summed E-state index contributed by atoms with van der Waals surface area (Å²) in [6.07, 6.45) is 4.59. The Balaban J connectivity index is 2.12. The van der Waals surface area contributed by atoms with Gasteiger partial charge in [0.2, 0.25) is 5.75 Å². The number of nitrogens with two attached hydrogens (primary N) is 1. The van der Waals surface area contributed by atoms with E-state index in [2.05, 4.69) is 0 Å². The summed E-state index contributed by atoms with van der Waals surface area (Å²) in [6, 6.07) is 3.95. The zero-order chi connectivity index (χ0) is 13.7. The molecule has 1 aliphatic rings. The molecule has 1 fully saturated rings. The minimum atomic E-state index is 0.605. The molecule has 1 aromatic rings. The molecule has 0 atom stereocenters. The van der Waals surface area contributed by atoms with Gasteiger partial charge >= 0.3 is 0 Å². The van der Waals surface area contributed by atoms with Crippen molar-refractivity contribution < 1.29 is 14.2 Å². The van der Waals surface area contributed by atoms with E-state index in [0.717, 1.165) is 35.8 Å². The minimum absolute atomic E-state index is 0.605. The topological polar surface area (TPSA) is 53.7 Å². The predicted molar refractivity (Wildman–Crippen MR) is 75.1 cm³/mol. The Labute approximate surface area is 114 Å². The maximum Gasteiger partial charge on any atom is 0.203 e. The first-order valence-electron chi connectivity index (χ1n) is 6.86. The molecular weight excluding hydrogens is 242 g/mol. The third-order valence-corrected chi connectivity index (χ3v) is 3.42. The van der Waals surface area contributed by atoms with Crippen molar-refractivity contribution in [1.82, 2.24) is 0 Å². The molecule has 1 aromatic carbocycles. The third kappa shape index (κ3) is 3.77. The Bertz CT molecular complexity index is 391. The maximum absolute atomic E-state index is 5.85. The lowest BCUT2D eigenvalue weighted by atomic mass is 10.1. The van der Waals surface area contributed by atoms with Crippen LogP contribution in [-0.4, -0.2) is 27.4 Å². The van der Waals surface area contributed by atoms with Gasteiger partial charge in [-0.15, -0.1) is 0 Å². The molecule has 2 N–H and O–H groups in total. The number of hydrogen-bond acceptors (Lipinski definition) is 4. The van der Waals surface area contributed by atoms with Crippen molar-refractivity contribution in [3.8, 4) is 17.2 Å². The van der Waals surface area contributed by atoms with Gasteiger partial charge in [-0.2, -0.15) is 0 Å². The molecule has 4 nitrogen and oxygen atoms in total. The van der Waals surface area contributed by atoms with Crippen LogP contribution in [-0.2, 0) is 6.42 Å². The Morgan fingerprint density at radius 2 is 1.79 bits per heavy atom. The van der Waals surface area contributed by atoms with Crippen molar-refractivity contribution in [2.75, 3.05) is 27.4 Å². The summed E-state index contributed by atoms with van der Waals surface area (Å²) in [5, 5.41) is 0. The molecule has 0 unspecified atom stereocenters. The molecule has 1 saturated carbocycles. The van der Waals surface area contributed by atoms with Crippen LogP contribution < -0.4 is 19.9 Å². The molecule has 0 radical (unpaired) electrons. The normalized spacial score (nSPS) is 14.3. The number of hydrogen-bond donors (Lipinski definition) is 1. The molecule has 19 heavy (non-hydrogen) atoms. The molecule has 4 heteroatoms. The van der Waals surface area contributed by atoms with E-state index in [1.807, 2.05) is 12.1 Å². The van der Waals surface area contributed by atoms with E-state index in [1.165, 1.54) is 12.8 Å². The lowest BCUT2D eigenvalue weighted by Crippen LogP contribution is -2.06. The minimum Gasteiger partial charge on any atom is -0.493 e. The summed E-state index contributed by atoms with van der Waals surface area (Å²) in [6.45, 7) is 1.32. The Hall–Kier alpha value is -1.42. The van der Waals surface area contributed by atoms with Gasteiger partial charge < -0.3 is 19.9 Å². The zero-order valence-electron chi connectivity index (χ0n) is 11.8. The number of ether oxygens (including phenoxy) is 3. The SMILES string of the molecule is COc1cc(CCN)cc(OC)c1OCCC1CC1. The van der Waals surface area contributed by atoms with Crippen LogP contribution in [0.3, 0.4) is 0 Å². The van der Waals surface area contributed by atoms with E-state index in [-0.39, 0.29) is 0 Å². The van der Waals surface area contributed by atoms with Gasteiger partial charge in [0, 0.05) is 0 Å². The molecular formula is C15H23NO3. The summed E-state index contributed by atoms with van der Waals surface area (Å²) in [5.74, 6) is 3.00. The van der Waals surface area contributed by atoms with E-state index in [9.17, 15) is 0 Å². The van der Waals surface area contributed by atoms with Crippen LogP contribution in [0.2, 0.25) is 0 Å². The smallest absolute Gasteiger partial charge is 0.203 e. The Morgan fingerprint density at radius 3 is 2.26 bits per heavy atom. The van der Waals surface area contributed by atoms with Crippen molar-refractivity contribution in [3.05, 3.63) is 17.7 Å². The standard InChI is InChI=1S/C15H23NO3/c1-17-13-9-12(5-7-16)10-14(18-2)15(13)19-8-6-11-3-4-11/h9-11H,3-8,16H2,1-2H3. The lowest BCUT2D eigenvalue weighted by Gasteiger charge is -2.16. The average Bonchev–Trinajstić information content (AvgIpc) is 3.24. The average molecular weight is 265 g/mol. The van der Waals surface area contributed by atoms with E-state index in [0.29, 0.717) is 18.9 Å². The molecule has 0 spiro atoms. The highest BCUT2D eigenvalue weighted by atomic mass is 16.5. The quantitative estimate of drug-likeness (QED) is 0.784. The highest BCUT2D eigenvalue weighted by molar-refractivity contribution is 5.54. The molecule has 0 aromatic heterocycles. The van der Waals surface area contributed by atoms with Crippen molar-refractivity contribution in [1.29, 1.82) is 0 Å². The fraction of sp³-hybridized carbons (Fsp3) is 0.600. The van der Waals surface area contributed by atoms with Gasteiger partial charge in [0.25, 0.3) is 0 Å². The van der Waals surface area contributed by atoms with Gasteiger partial charge in [-0.25, -0.2) is 0 Å². The van der Waals surface area contributed by atoms with Gasteiger partial charge in [-0.3, -0.25) is 0 Å². The van der Waals surface area contributed by atoms with Crippen LogP contribution >= 0.6 is 0 Å². The molecule has 0 amide bonds. The Morgan fingerprint density at radius 1 is 1.16 bits per heavy atom. The van der Waals surface area contributed by atoms with Crippen molar-refractivity contribution in [2.45, 2.75) is 25.7 Å². The van der Waals surface area contributed by atoms with Crippen molar-refractivity contribution in [2.24, 2.45) is 11.7 Å². The summed E-state index contributed by atoms with van der Waals surface area (Å²) in [4.78, 5) is 0. The number of rotatable bonds is 8. The van der Waals surface area contributed by atoms with Gasteiger partial charge in [-0.05, 0) is 43.0 Å². The van der Waals surface area contributed by atoms with Crippen LogP contribution in [0.4, 0.5) is 0 Å². The predicted octanol–water partition coefficient (Wildman–Crippen LogP) is 2.38. The van der Waals surface area contributed by atoms with Crippen molar-refractivity contribution in [3.63, 3.8) is 0 Å². The second-order valence-corrected chi connectivity index (χ2v) is 4.95. The summed E-state index contributed by atoms with van der Waals surface area (Å²) in [5.41, 5.74) is 6.69. The Kier molecular flexibility index (Phi) is 4.91. The van der Waals surface area contributed by atoms with Crippen LogP contribution in [0.25, 0.3) is 0 Å². The molecule has 0 saturated heterocycles. The monoisotopic (exact) mass is 265 g/mol. The first kappa shape index (κ1) is 14.0. The van der Waals surface area contributed by atoms with Crippen LogP contribution in [0.15, 0.2) is 12.1 Å². The van der Waals surface area contributed by atoms with Crippen LogP contribution in [0.5, 0.6) is 17.2 Å². The fourth-order valence-corrected chi connectivity index (χ4v) is 2.12. The molecule has 2 rings (SSSR count). The summed E-state index contributed by atoms with van der Waals surface area (Å²) >= 11 is 0. The van der Waals surface area contributed by atoms with Crippen LogP contribution in [0.1, 0.15) is 24.8 Å². The van der Waals surface area contributed by atoms with Gasteiger partial charge in [-0.1, -0.05) is 12.8 Å². The van der Waals surface area contributed by atoms with Crippen LogP contribution in [0, 0.1) is 5.92 Å². The number of benzene rings is 1. The first-order chi connectivity index (χ1) is 9.28. The first-order valence-corrected chi connectivity index (χ1v) is 6.86. The summed E-state index contributed by atoms with van der Waals surface area (Å²) < 4.78 is 16.7. The second-order valence-electron chi connectivity index (χ2n) is 4.95. The largest absolute Gasteiger partial charge is 0.493 e. The lowest BCUT2D eigenvalue weighted by molar-refractivity contribution is 0.265. The van der Waals surface area contributed by atoms with E-state index in [1.54, 1.807) is 14.2 Å². The van der Waals surface area contributed by atoms with Crippen molar-refractivity contribution >= 4 is 0 Å². The van der Waals surface area contributed by atoms with E-state index in [4.69, 9.17) is 19.9 Å². The number of methoxy groups -OCH3 is 2. The molecule has 0 bridgehead atoms. The van der Waals surface area contributed by atoms with Gasteiger partial charge in [0.05, 0.1) is 20.8 Å². The zero-order valence-corrected chi connectivity index (χ0v) is 11.8. The highest BCUT2D eigenvalue weighted by Gasteiger charge is 2.21. The molecule has 0 aliphatic heterocycles. The molecule has 0 heterocycles. The highest BCUT2D eigenvalue weighted by Crippen LogP contribution is 2.39. The van der Waals surface area contributed by atoms with Gasteiger partial charge in [0.15, 0.2) is 11.5 Å².